The molecule has 1 saturated carbocycles. The van der Waals surface area contributed by atoms with Crippen LogP contribution in [0.2, 0.25) is 0 Å². The SMILES string of the molecule is Nc1cc(NC2CC2(F)F)n[nH]1. The number of H-pyrrole nitrogens is 1. The molecule has 4 N–H and O–H groups in total. The number of aromatic nitrogens is 2. The predicted octanol–water partition coefficient (Wildman–Crippen LogP) is 0.811. The lowest BCUT2D eigenvalue weighted by molar-refractivity contribution is 0.115. The van der Waals surface area contributed by atoms with Crippen molar-refractivity contribution in [2.75, 3.05) is 11.1 Å². The third-order valence-corrected chi connectivity index (χ3v) is 1.75. The Kier molecular flexibility index (Phi) is 1.27. The maximum absolute atomic E-state index is 12.4. The van der Waals surface area contributed by atoms with Crippen LogP contribution in [0.25, 0.3) is 0 Å². The molecule has 0 amide bonds. The molecule has 1 fully saturated rings. The number of hydrogen-bond donors (Lipinski definition) is 3. The Morgan fingerprint density at radius 2 is 2.42 bits per heavy atom. The van der Waals surface area contributed by atoms with Crippen LogP contribution in [-0.2, 0) is 0 Å². The monoisotopic (exact) mass is 174 g/mol. The second-order valence-corrected chi connectivity index (χ2v) is 2.87. The van der Waals surface area contributed by atoms with Crippen LogP contribution < -0.4 is 11.1 Å². The summed E-state index contributed by atoms with van der Waals surface area (Å²) in [6.45, 7) is 0. The summed E-state index contributed by atoms with van der Waals surface area (Å²) in [4.78, 5) is 0. The highest BCUT2D eigenvalue weighted by Gasteiger charge is 2.57. The smallest absolute Gasteiger partial charge is 0.270 e. The van der Waals surface area contributed by atoms with Gasteiger partial charge in [-0.05, 0) is 0 Å². The molecule has 1 heterocycles. The van der Waals surface area contributed by atoms with E-state index in [1.807, 2.05) is 0 Å². The number of nitrogens with one attached hydrogen (secondary N) is 2. The van der Waals surface area contributed by atoms with Crippen molar-refractivity contribution in [3.63, 3.8) is 0 Å². The number of nitrogen functional groups attached to an aromatic ring is 1. The van der Waals surface area contributed by atoms with Gasteiger partial charge in [0.1, 0.15) is 11.6 Å². The molecule has 2 rings (SSSR count). The molecule has 0 saturated heterocycles. The van der Waals surface area contributed by atoms with Gasteiger partial charge in [-0.1, -0.05) is 0 Å². The standard InChI is InChI=1S/C6H8F2N4/c7-6(8)2-3(6)10-5-1-4(9)11-12-5/h1,3H,2H2,(H4,9,10,11,12). The first-order chi connectivity index (χ1) is 5.58. The van der Waals surface area contributed by atoms with Gasteiger partial charge in [0.25, 0.3) is 5.92 Å². The number of nitrogens with two attached hydrogens (primary N) is 1. The number of hydrogen-bond acceptors (Lipinski definition) is 3. The van der Waals surface area contributed by atoms with Crippen molar-refractivity contribution < 1.29 is 8.78 Å². The average molecular weight is 174 g/mol. The van der Waals surface area contributed by atoms with Crippen LogP contribution in [0.4, 0.5) is 20.4 Å². The molecule has 1 aliphatic carbocycles. The average Bonchev–Trinajstić information content (AvgIpc) is 2.41. The lowest BCUT2D eigenvalue weighted by Gasteiger charge is -1.98. The highest BCUT2D eigenvalue weighted by atomic mass is 19.3. The van der Waals surface area contributed by atoms with Gasteiger partial charge < -0.3 is 11.1 Å². The number of halogens is 2. The molecular formula is C6H8F2N4. The summed E-state index contributed by atoms with van der Waals surface area (Å²) >= 11 is 0. The molecule has 4 nitrogen and oxygen atoms in total. The van der Waals surface area contributed by atoms with E-state index in [1.54, 1.807) is 0 Å². The predicted molar refractivity (Wildman–Crippen MR) is 40.0 cm³/mol. The van der Waals surface area contributed by atoms with Gasteiger partial charge in [0.05, 0.1) is 6.04 Å². The normalized spacial score (nSPS) is 25.3. The van der Waals surface area contributed by atoms with Crippen molar-refractivity contribution in [3.8, 4) is 0 Å². The van der Waals surface area contributed by atoms with E-state index >= 15 is 0 Å². The van der Waals surface area contributed by atoms with Gasteiger partial charge in [0.15, 0.2) is 0 Å². The van der Waals surface area contributed by atoms with Gasteiger partial charge >= 0.3 is 0 Å². The Hall–Kier alpha value is -1.33. The van der Waals surface area contributed by atoms with Crippen LogP contribution in [0.1, 0.15) is 6.42 Å². The quantitative estimate of drug-likeness (QED) is 0.621. The highest BCUT2D eigenvalue weighted by molar-refractivity contribution is 5.46. The van der Waals surface area contributed by atoms with E-state index < -0.39 is 12.0 Å². The molecule has 12 heavy (non-hydrogen) atoms. The molecule has 66 valence electrons. The van der Waals surface area contributed by atoms with Crippen LogP contribution >= 0.6 is 0 Å². The molecular weight excluding hydrogens is 166 g/mol. The van der Waals surface area contributed by atoms with Crippen LogP contribution in [0, 0.1) is 0 Å². The molecule has 6 heteroatoms. The third-order valence-electron chi connectivity index (χ3n) is 1.75. The number of alkyl halides is 2. The maximum Gasteiger partial charge on any atom is 0.270 e. The molecule has 0 radical (unpaired) electrons. The Morgan fingerprint density at radius 1 is 1.75 bits per heavy atom. The van der Waals surface area contributed by atoms with E-state index in [-0.39, 0.29) is 6.42 Å². The lowest BCUT2D eigenvalue weighted by atomic mass is 10.5. The van der Waals surface area contributed by atoms with Gasteiger partial charge in [-0.2, -0.15) is 5.10 Å². The maximum atomic E-state index is 12.4. The topological polar surface area (TPSA) is 66.7 Å². The number of rotatable bonds is 2. The third kappa shape index (κ3) is 1.19. The summed E-state index contributed by atoms with van der Waals surface area (Å²) < 4.78 is 24.7. The van der Waals surface area contributed by atoms with E-state index in [9.17, 15) is 8.78 Å². The minimum Gasteiger partial charge on any atom is -0.384 e. The molecule has 1 atom stereocenters. The zero-order valence-electron chi connectivity index (χ0n) is 6.14. The fraction of sp³-hybridized carbons (Fsp3) is 0.500. The Morgan fingerprint density at radius 3 is 2.83 bits per heavy atom. The zero-order chi connectivity index (χ0) is 8.77. The van der Waals surface area contributed by atoms with Crippen LogP contribution in [0.15, 0.2) is 6.07 Å². The van der Waals surface area contributed by atoms with Gasteiger partial charge in [0.2, 0.25) is 0 Å². The molecule has 0 aromatic carbocycles. The van der Waals surface area contributed by atoms with Crippen molar-refractivity contribution in [2.45, 2.75) is 18.4 Å². The zero-order valence-corrected chi connectivity index (χ0v) is 6.14. The Bertz CT molecular complexity index is 295. The van der Waals surface area contributed by atoms with Crippen molar-refractivity contribution in [1.29, 1.82) is 0 Å². The van der Waals surface area contributed by atoms with E-state index in [1.165, 1.54) is 6.07 Å². The first-order valence-electron chi connectivity index (χ1n) is 3.53. The first-order valence-corrected chi connectivity index (χ1v) is 3.53. The van der Waals surface area contributed by atoms with Crippen LogP contribution in [-0.4, -0.2) is 22.2 Å². The summed E-state index contributed by atoms with van der Waals surface area (Å²) in [5.41, 5.74) is 5.30. The van der Waals surface area contributed by atoms with Crippen molar-refractivity contribution >= 4 is 11.6 Å². The van der Waals surface area contributed by atoms with Gasteiger partial charge in [0, 0.05) is 12.5 Å². The molecule has 1 unspecified atom stereocenters. The Balaban J connectivity index is 1.97. The number of aromatic amines is 1. The lowest BCUT2D eigenvalue weighted by Crippen LogP contribution is -2.10. The van der Waals surface area contributed by atoms with Crippen LogP contribution in [0.5, 0.6) is 0 Å². The van der Waals surface area contributed by atoms with E-state index in [2.05, 4.69) is 15.5 Å². The summed E-state index contributed by atoms with van der Waals surface area (Å²) in [5, 5.41) is 8.67. The Labute approximate surface area is 67.1 Å². The van der Waals surface area contributed by atoms with E-state index in [4.69, 9.17) is 5.73 Å². The molecule has 1 aliphatic rings. The molecule has 0 bridgehead atoms. The van der Waals surface area contributed by atoms with Gasteiger partial charge in [-0.15, -0.1) is 0 Å². The molecule has 1 aromatic rings. The second kappa shape index (κ2) is 2.09. The molecule has 1 aromatic heterocycles. The summed E-state index contributed by atoms with van der Waals surface area (Å²) in [7, 11) is 0. The van der Waals surface area contributed by atoms with E-state index in [0.29, 0.717) is 11.6 Å². The minimum absolute atomic E-state index is 0.125. The fourth-order valence-electron chi connectivity index (χ4n) is 0.959. The minimum atomic E-state index is -2.58. The summed E-state index contributed by atoms with van der Waals surface area (Å²) in [5.74, 6) is -1.84. The molecule has 0 spiro atoms. The van der Waals surface area contributed by atoms with Crippen LogP contribution in [0.3, 0.4) is 0 Å². The summed E-state index contributed by atoms with van der Waals surface area (Å²) in [6.07, 6.45) is -0.125. The molecule has 0 aliphatic heterocycles. The fourth-order valence-corrected chi connectivity index (χ4v) is 0.959. The number of nitrogens with zero attached hydrogens (tertiary/aromatic N) is 1. The van der Waals surface area contributed by atoms with Gasteiger partial charge in [-0.25, -0.2) is 8.78 Å². The highest BCUT2D eigenvalue weighted by Crippen LogP contribution is 2.43. The van der Waals surface area contributed by atoms with Crippen molar-refractivity contribution in [1.82, 2.24) is 10.2 Å². The van der Waals surface area contributed by atoms with E-state index in [0.717, 1.165) is 0 Å². The van der Waals surface area contributed by atoms with Gasteiger partial charge in [-0.3, -0.25) is 5.10 Å². The number of anilines is 2. The van der Waals surface area contributed by atoms with Crippen molar-refractivity contribution in [3.05, 3.63) is 6.07 Å². The second-order valence-electron chi connectivity index (χ2n) is 2.87. The van der Waals surface area contributed by atoms with Crippen molar-refractivity contribution in [2.24, 2.45) is 0 Å². The first kappa shape index (κ1) is 7.33. The largest absolute Gasteiger partial charge is 0.384 e. The summed E-state index contributed by atoms with van der Waals surface area (Å²) in [6, 6.07) is 0.703.